The average molecular weight is 355 g/mol. The van der Waals surface area contributed by atoms with Gasteiger partial charge >= 0.3 is 0 Å². The molecule has 0 amide bonds. The molecule has 2 heterocycles. The third-order valence-corrected chi connectivity index (χ3v) is 5.05. The summed E-state index contributed by atoms with van der Waals surface area (Å²) in [5, 5.41) is 10.8. The number of piperidine rings is 1. The summed E-state index contributed by atoms with van der Waals surface area (Å²) in [6.45, 7) is 2.39. The van der Waals surface area contributed by atoms with Crippen LogP contribution in [0.4, 0.5) is 5.82 Å². The Morgan fingerprint density at radius 2 is 1.96 bits per heavy atom. The van der Waals surface area contributed by atoms with E-state index in [1.54, 1.807) is 0 Å². The predicted molar refractivity (Wildman–Crippen MR) is 92.9 cm³/mol. The lowest BCUT2D eigenvalue weighted by molar-refractivity contribution is 0.380. The fourth-order valence-corrected chi connectivity index (χ4v) is 3.57. The highest BCUT2D eigenvalue weighted by atomic mass is 35.5. The Bertz CT molecular complexity index is 707. The highest BCUT2D eigenvalue weighted by Crippen LogP contribution is 2.31. The molecule has 1 saturated heterocycles. The van der Waals surface area contributed by atoms with Crippen molar-refractivity contribution < 1.29 is 8.76 Å². The quantitative estimate of drug-likeness (QED) is 0.807. The minimum absolute atomic E-state index is 0.433. The number of nitrogens with zero attached hydrogens (tertiary/aromatic N) is 3. The van der Waals surface area contributed by atoms with Crippen LogP contribution in [0.2, 0.25) is 5.15 Å². The van der Waals surface area contributed by atoms with Crippen LogP contribution < -0.4 is 9.62 Å². The normalized spacial score (nSPS) is 17.6. The van der Waals surface area contributed by atoms with Gasteiger partial charge in [-0.05, 0) is 25.2 Å². The van der Waals surface area contributed by atoms with E-state index in [1.165, 1.54) is 0 Å². The third kappa shape index (κ3) is 3.98. The number of halogens is 1. The first-order valence-corrected chi connectivity index (χ1v) is 9.14. The molecule has 0 aliphatic carbocycles. The maximum atomic E-state index is 10.6. The number of nitrogens with one attached hydrogen (secondary N) is 1. The molecule has 1 aliphatic heterocycles. The van der Waals surface area contributed by atoms with Crippen LogP contribution in [-0.2, 0) is 11.3 Å². The molecule has 0 radical (unpaired) electrons. The highest BCUT2D eigenvalue weighted by molar-refractivity contribution is 7.77. The first-order valence-electron chi connectivity index (χ1n) is 7.65. The van der Waals surface area contributed by atoms with Crippen molar-refractivity contribution in [3.63, 3.8) is 0 Å². The van der Waals surface area contributed by atoms with Gasteiger partial charge in [0, 0.05) is 30.4 Å². The molecule has 1 fully saturated rings. The van der Waals surface area contributed by atoms with Crippen molar-refractivity contribution in [3.8, 4) is 0 Å². The summed E-state index contributed by atoms with van der Waals surface area (Å²) in [7, 11) is 0. The second-order valence-corrected chi connectivity index (χ2v) is 6.87. The molecule has 3 rings (SSSR count). The number of fused-ring (bicyclic) bond motifs is 1. The molecule has 1 aromatic heterocycles. The third-order valence-electron chi connectivity index (χ3n) is 4.31. The largest absolute Gasteiger partial charge is 0.355 e. The zero-order chi connectivity index (χ0) is 16.2. The molecule has 8 heteroatoms. The first kappa shape index (κ1) is 16.6. The molecule has 2 aromatic rings. The summed E-state index contributed by atoms with van der Waals surface area (Å²) in [6.07, 6.45) is 2.99. The number of hydrogen-bond donors (Lipinski definition) is 2. The van der Waals surface area contributed by atoms with Crippen molar-refractivity contribution in [2.45, 2.75) is 19.3 Å². The number of aromatic nitrogens is 2. The van der Waals surface area contributed by atoms with Gasteiger partial charge in [-0.1, -0.05) is 35.9 Å². The van der Waals surface area contributed by atoms with Gasteiger partial charge in [-0.3, -0.25) is 4.55 Å². The molecular formula is C15H19ClN4O2S. The molecule has 0 bridgehead atoms. The van der Waals surface area contributed by atoms with E-state index >= 15 is 0 Å². The van der Waals surface area contributed by atoms with Crippen LogP contribution in [0.15, 0.2) is 24.3 Å². The van der Waals surface area contributed by atoms with E-state index < -0.39 is 11.3 Å². The summed E-state index contributed by atoms with van der Waals surface area (Å²) < 4.78 is 21.9. The Morgan fingerprint density at radius 3 is 2.65 bits per heavy atom. The van der Waals surface area contributed by atoms with E-state index in [1.807, 2.05) is 24.3 Å². The number of anilines is 1. The molecule has 6 nitrogen and oxygen atoms in total. The standard InChI is InChI=1S/C15H19ClN4O2S/c16-14-12-3-1-2-4-13(12)15(19-18-14)20-9-6-11(7-10-20)5-8-17-23(21)22/h1-4,11,17H,5-10H2,(H,21,22). The zero-order valence-corrected chi connectivity index (χ0v) is 14.2. The van der Waals surface area contributed by atoms with Crippen molar-refractivity contribution in [2.75, 3.05) is 24.5 Å². The molecule has 0 saturated carbocycles. The van der Waals surface area contributed by atoms with E-state index in [2.05, 4.69) is 19.8 Å². The van der Waals surface area contributed by atoms with Gasteiger partial charge in [0.2, 0.25) is 11.3 Å². The van der Waals surface area contributed by atoms with Crippen molar-refractivity contribution in [2.24, 2.45) is 5.92 Å². The van der Waals surface area contributed by atoms with Gasteiger partial charge in [0.05, 0.1) is 0 Å². The second kappa shape index (κ2) is 7.53. The molecule has 124 valence electrons. The fraction of sp³-hybridized carbons (Fsp3) is 0.467. The Morgan fingerprint density at radius 1 is 1.26 bits per heavy atom. The Hall–Kier alpha value is -1.28. The second-order valence-electron chi connectivity index (χ2n) is 5.72. The van der Waals surface area contributed by atoms with E-state index in [9.17, 15) is 4.21 Å². The molecule has 2 N–H and O–H groups in total. The van der Waals surface area contributed by atoms with Crippen LogP contribution in [-0.4, -0.2) is 38.6 Å². The van der Waals surface area contributed by atoms with Gasteiger partial charge in [0.1, 0.15) is 0 Å². The minimum Gasteiger partial charge on any atom is -0.355 e. The van der Waals surface area contributed by atoms with Crippen LogP contribution in [0, 0.1) is 5.92 Å². The SMILES string of the molecule is O=S(O)NCCC1CCN(c2nnc(Cl)c3ccccc23)CC1. The summed E-state index contributed by atoms with van der Waals surface area (Å²) in [5.41, 5.74) is 0. The number of hydrogen-bond acceptors (Lipinski definition) is 4. The van der Waals surface area contributed by atoms with Gasteiger partial charge in [0.15, 0.2) is 11.0 Å². The molecule has 1 aliphatic rings. The van der Waals surface area contributed by atoms with Crippen LogP contribution in [0.25, 0.3) is 10.8 Å². The topological polar surface area (TPSA) is 78.4 Å². The van der Waals surface area contributed by atoms with Gasteiger partial charge in [-0.15, -0.1) is 10.2 Å². The molecule has 23 heavy (non-hydrogen) atoms. The van der Waals surface area contributed by atoms with Crippen LogP contribution in [0.1, 0.15) is 19.3 Å². The Labute approximate surface area is 142 Å². The number of rotatable bonds is 5. The van der Waals surface area contributed by atoms with Crippen molar-refractivity contribution >= 4 is 39.5 Å². The molecular weight excluding hydrogens is 336 g/mol. The van der Waals surface area contributed by atoms with E-state index in [4.69, 9.17) is 16.2 Å². The maximum absolute atomic E-state index is 10.6. The lowest BCUT2D eigenvalue weighted by Gasteiger charge is -2.33. The average Bonchev–Trinajstić information content (AvgIpc) is 2.56. The van der Waals surface area contributed by atoms with Crippen LogP contribution >= 0.6 is 11.6 Å². The monoisotopic (exact) mass is 354 g/mol. The van der Waals surface area contributed by atoms with Crippen molar-refractivity contribution in [1.29, 1.82) is 0 Å². The molecule has 1 aromatic carbocycles. The summed E-state index contributed by atoms with van der Waals surface area (Å²) in [5.74, 6) is 1.45. The summed E-state index contributed by atoms with van der Waals surface area (Å²) in [6, 6.07) is 7.92. The molecule has 1 atom stereocenters. The number of benzene rings is 1. The smallest absolute Gasteiger partial charge is 0.231 e. The van der Waals surface area contributed by atoms with E-state index in [0.717, 1.165) is 48.9 Å². The molecule has 0 spiro atoms. The van der Waals surface area contributed by atoms with Gasteiger partial charge in [0.25, 0.3) is 0 Å². The van der Waals surface area contributed by atoms with E-state index in [0.29, 0.717) is 17.6 Å². The lowest BCUT2D eigenvalue weighted by Crippen LogP contribution is -2.35. The van der Waals surface area contributed by atoms with Gasteiger partial charge < -0.3 is 4.90 Å². The Kier molecular flexibility index (Phi) is 5.42. The molecule has 1 unspecified atom stereocenters. The van der Waals surface area contributed by atoms with Crippen LogP contribution in [0.3, 0.4) is 0 Å². The van der Waals surface area contributed by atoms with Gasteiger partial charge in [-0.25, -0.2) is 8.93 Å². The minimum atomic E-state index is -1.92. The van der Waals surface area contributed by atoms with Crippen LogP contribution in [0.5, 0.6) is 0 Å². The van der Waals surface area contributed by atoms with Crippen molar-refractivity contribution in [3.05, 3.63) is 29.4 Å². The zero-order valence-electron chi connectivity index (χ0n) is 12.6. The summed E-state index contributed by atoms with van der Waals surface area (Å²) >= 11 is 4.21. The maximum Gasteiger partial charge on any atom is 0.231 e. The van der Waals surface area contributed by atoms with E-state index in [-0.39, 0.29) is 0 Å². The fourth-order valence-electron chi connectivity index (χ4n) is 3.07. The predicted octanol–water partition coefficient (Wildman–Crippen LogP) is 2.62. The highest BCUT2D eigenvalue weighted by Gasteiger charge is 2.22. The summed E-state index contributed by atoms with van der Waals surface area (Å²) in [4.78, 5) is 2.25. The van der Waals surface area contributed by atoms with Gasteiger partial charge in [-0.2, -0.15) is 0 Å². The first-order chi connectivity index (χ1) is 11.1. The Balaban J connectivity index is 1.66. The van der Waals surface area contributed by atoms with Crippen molar-refractivity contribution in [1.82, 2.24) is 14.9 Å². The lowest BCUT2D eigenvalue weighted by atomic mass is 9.93.